The molecule has 1 saturated heterocycles. The van der Waals surface area contributed by atoms with Gasteiger partial charge in [0.15, 0.2) is 0 Å². The van der Waals surface area contributed by atoms with Crippen LogP contribution in [0.2, 0.25) is 0 Å². The predicted molar refractivity (Wildman–Crippen MR) is 234 cm³/mol. The number of primary amides is 1. The van der Waals surface area contributed by atoms with Crippen LogP contribution in [0.1, 0.15) is 120 Å². The number of nitrogens with two attached hydrogens (primary N) is 1. The van der Waals surface area contributed by atoms with E-state index < -0.39 is 11.7 Å². The van der Waals surface area contributed by atoms with E-state index in [-0.39, 0.29) is 56.9 Å². The van der Waals surface area contributed by atoms with E-state index in [4.69, 9.17) is 10.5 Å². The van der Waals surface area contributed by atoms with Crippen LogP contribution in [0.5, 0.6) is 5.75 Å². The van der Waals surface area contributed by atoms with Crippen LogP contribution < -0.4 is 72.7 Å². The molecule has 56 heavy (non-hydrogen) atoms. The van der Waals surface area contributed by atoms with Crippen molar-refractivity contribution in [3.05, 3.63) is 71.4 Å². The fourth-order valence-electron chi connectivity index (χ4n) is 5.05. The number of pyridine rings is 1. The van der Waals surface area contributed by atoms with E-state index in [1.807, 2.05) is 45.2 Å². The number of amides is 3. The number of fused-ring (bicyclic) bond motifs is 1. The Labute approximate surface area is 386 Å². The van der Waals surface area contributed by atoms with Crippen LogP contribution in [-0.2, 0) is 14.3 Å². The second-order valence-electron chi connectivity index (χ2n) is 14.3. The van der Waals surface area contributed by atoms with Gasteiger partial charge in [0.1, 0.15) is 11.4 Å². The van der Waals surface area contributed by atoms with Crippen LogP contribution in [0.25, 0.3) is 15.5 Å². The quantitative estimate of drug-likeness (QED) is 0.0904. The number of allylic oxidation sites excluding steroid dienone is 1. The number of nitrogens with one attached hydrogen (secondary N) is 2. The van der Waals surface area contributed by atoms with Gasteiger partial charge in [-0.2, -0.15) is 7.05 Å². The molecule has 3 aliphatic rings. The summed E-state index contributed by atoms with van der Waals surface area (Å²) in [5, 5.41) is 5.03. The molecular weight excluding hydrogens is 754 g/mol. The van der Waals surface area contributed by atoms with Crippen molar-refractivity contribution in [1.82, 2.24) is 15.2 Å². The minimum atomic E-state index is -0.725. The van der Waals surface area contributed by atoms with E-state index in [1.54, 1.807) is 52.1 Å². The van der Waals surface area contributed by atoms with Crippen molar-refractivity contribution in [1.29, 1.82) is 0 Å². The summed E-state index contributed by atoms with van der Waals surface area (Å²) in [6, 6.07) is 8.34. The SMILES string of the molecule is C=C.C=CC(C)CCCC(C)CC(=O)N1CCCC1C.CC.CC(C)(C)OC(N)=O.COc1c[nH]c(=O)c2ccccc12.C[N-]SC1CC1.O=CNC1CC1.[K+]. The van der Waals surface area contributed by atoms with E-state index in [1.165, 1.54) is 51.4 Å². The number of aromatic nitrogens is 1. The topological polar surface area (TPSA) is 158 Å². The Morgan fingerprint density at radius 1 is 1.09 bits per heavy atom. The molecule has 0 bridgehead atoms. The Morgan fingerprint density at radius 3 is 2.05 bits per heavy atom. The second kappa shape index (κ2) is 34.9. The minimum Gasteiger partial charge on any atom is -0.609 e. The molecule has 5 rings (SSSR count). The number of hydrogen-bond donors (Lipinski definition) is 3. The third-order valence-electron chi connectivity index (χ3n) is 8.21. The van der Waals surface area contributed by atoms with Crippen molar-refractivity contribution in [3.8, 4) is 5.75 Å². The Kier molecular flexibility index (Phi) is 36.2. The molecule has 0 spiro atoms. The largest absolute Gasteiger partial charge is 1.00 e. The minimum absolute atomic E-state index is 0. The zero-order valence-corrected chi connectivity index (χ0v) is 40.6. The first-order valence-corrected chi connectivity index (χ1v) is 20.5. The summed E-state index contributed by atoms with van der Waals surface area (Å²) in [6.45, 7) is 26.6. The second-order valence-corrected chi connectivity index (χ2v) is 15.6. The smallest absolute Gasteiger partial charge is 0.609 e. The standard InChI is InChI=1S/C16H29NO.C10H9NO2.C5H11NO2.C4H7NO.C4H8NS.C2H6.C2H4.K/c1-5-13(2)8-6-9-14(3)12-16(18)17-11-7-10-15(17)4;1-13-9-6-11-10(12)8-5-3-2-4-7(8)9;1-5(2,3)8-4(6)7;6-3-5-4-1-2-4;1-5-6-4-2-3-4;2*1-2;/h5,13-15H,1,6-12H2,2-4H3;2-6H,1H3,(H,11,12);1-3H3,(H2,6,7);3-4H,1-2H2,(H,5,6);4H,2-3H2,1H3;1-2H3;1-2H2;/q;;;;-1;;;+1. The maximum absolute atomic E-state index is 12.1. The van der Waals surface area contributed by atoms with Crippen LogP contribution in [0.4, 0.5) is 4.79 Å². The molecule has 1 aromatic heterocycles. The fourth-order valence-corrected chi connectivity index (χ4v) is 5.69. The third-order valence-corrected chi connectivity index (χ3v) is 9.19. The van der Waals surface area contributed by atoms with E-state index in [0.717, 1.165) is 36.4 Å². The first-order valence-electron chi connectivity index (χ1n) is 19.6. The van der Waals surface area contributed by atoms with Gasteiger partial charge in [0.2, 0.25) is 12.3 Å². The number of rotatable bonds is 12. The van der Waals surface area contributed by atoms with Gasteiger partial charge in [-0.25, -0.2) is 4.79 Å². The van der Waals surface area contributed by atoms with Crippen molar-refractivity contribution < 1.29 is 75.2 Å². The first kappa shape index (κ1) is 58.2. The molecule has 3 amide bonds. The Balaban J connectivity index is -0.000000648. The number of carbonyl (C=O) groups is 3. The molecule has 2 saturated carbocycles. The average Bonchev–Trinajstić information content (AvgIpc) is 4.10. The Bertz CT molecular complexity index is 1400. The summed E-state index contributed by atoms with van der Waals surface area (Å²) < 4.78 is 13.6. The number of hydrogen-bond acceptors (Lipinski definition) is 7. The molecule has 13 heteroatoms. The number of H-pyrrole nitrogens is 1. The molecule has 2 heterocycles. The first-order chi connectivity index (χ1) is 26.1. The summed E-state index contributed by atoms with van der Waals surface area (Å²) in [6.07, 6.45) is 15.4. The summed E-state index contributed by atoms with van der Waals surface area (Å²) in [5.74, 6) is 2.17. The number of ether oxygens (including phenoxy) is 2. The van der Waals surface area contributed by atoms with Crippen molar-refractivity contribution in [3.63, 3.8) is 0 Å². The molecule has 1 aliphatic heterocycles. The normalized spacial score (nSPS) is 15.9. The molecule has 3 atom stereocenters. The Hall–Kier alpha value is -2.13. The van der Waals surface area contributed by atoms with Gasteiger partial charge < -0.3 is 35.1 Å². The number of nitrogens with zero attached hydrogens (tertiary/aromatic N) is 2. The van der Waals surface area contributed by atoms with Gasteiger partial charge in [-0.3, -0.25) is 26.3 Å². The van der Waals surface area contributed by atoms with Crippen LogP contribution >= 0.6 is 11.9 Å². The molecule has 0 radical (unpaired) electrons. The van der Waals surface area contributed by atoms with Crippen LogP contribution in [0, 0.1) is 11.8 Å². The Morgan fingerprint density at radius 2 is 1.68 bits per heavy atom. The number of methoxy groups -OCH3 is 1. The van der Waals surface area contributed by atoms with Gasteiger partial charge in [-0.15, -0.1) is 19.7 Å². The van der Waals surface area contributed by atoms with E-state index in [0.29, 0.717) is 41.0 Å². The van der Waals surface area contributed by atoms with Crippen molar-refractivity contribution in [2.24, 2.45) is 17.6 Å². The van der Waals surface area contributed by atoms with E-state index in [2.05, 4.69) is 65.2 Å². The van der Waals surface area contributed by atoms with Crippen LogP contribution in [0.3, 0.4) is 0 Å². The number of benzene rings is 1. The van der Waals surface area contributed by atoms with E-state index >= 15 is 0 Å². The monoisotopic (exact) mass is 827 g/mol. The maximum atomic E-state index is 12.1. The number of carbonyl (C=O) groups excluding carboxylic acids is 3. The molecule has 1 aromatic carbocycles. The summed E-state index contributed by atoms with van der Waals surface area (Å²) in [4.78, 5) is 47.7. The molecule has 2 aliphatic carbocycles. The van der Waals surface area contributed by atoms with Gasteiger partial charge in [0.25, 0.3) is 5.56 Å². The zero-order chi connectivity index (χ0) is 42.4. The van der Waals surface area contributed by atoms with E-state index in [9.17, 15) is 19.2 Å². The summed E-state index contributed by atoms with van der Waals surface area (Å²) >= 11 is 1.72. The molecule has 4 N–H and O–H groups in total. The fraction of sp³-hybridized carbons (Fsp3) is 0.628. The predicted octanol–water partition coefficient (Wildman–Crippen LogP) is 6.96. The molecule has 3 unspecified atom stereocenters. The number of aromatic amines is 1. The average molecular weight is 828 g/mol. The van der Waals surface area contributed by atoms with Gasteiger partial charge >= 0.3 is 57.5 Å². The van der Waals surface area contributed by atoms with Crippen molar-refractivity contribution in [2.75, 3.05) is 20.7 Å². The summed E-state index contributed by atoms with van der Waals surface area (Å²) in [7, 11) is 3.43. The molecule has 314 valence electrons. The maximum Gasteiger partial charge on any atom is 1.00 e. The molecule has 2 aromatic rings. The van der Waals surface area contributed by atoms with Gasteiger partial charge in [-0.1, -0.05) is 64.8 Å². The van der Waals surface area contributed by atoms with Gasteiger partial charge in [-0.05, 0) is 95.8 Å². The number of likely N-dealkylation sites (tertiary alicyclic amines) is 1. The third kappa shape index (κ3) is 30.0. The van der Waals surface area contributed by atoms with Crippen molar-refractivity contribution >= 4 is 41.1 Å². The summed E-state index contributed by atoms with van der Waals surface area (Å²) in [5.41, 5.74) is 4.18. The van der Waals surface area contributed by atoms with Gasteiger partial charge in [0.05, 0.1) is 12.5 Å². The van der Waals surface area contributed by atoms with Crippen LogP contribution in [-0.4, -0.2) is 71.9 Å². The van der Waals surface area contributed by atoms with Gasteiger partial charge in [0, 0.05) is 36.6 Å². The molecular formula is C43H74KN5O6S. The molecule has 11 nitrogen and oxygen atoms in total. The van der Waals surface area contributed by atoms with Crippen molar-refractivity contribution in [2.45, 2.75) is 143 Å². The molecule has 3 fully saturated rings. The zero-order valence-electron chi connectivity index (χ0n) is 36.7. The van der Waals surface area contributed by atoms with Crippen LogP contribution in [0.15, 0.2) is 61.1 Å².